The van der Waals surface area contributed by atoms with Gasteiger partial charge in [-0.05, 0) is 43.2 Å². The number of hydrogen-bond acceptors (Lipinski definition) is 6. The van der Waals surface area contributed by atoms with Crippen molar-refractivity contribution in [2.45, 2.75) is 20.3 Å². The maximum atomic E-state index is 11.5. The zero-order valence-corrected chi connectivity index (χ0v) is 16.3. The van der Waals surface area contributed by atoms with Crippen molar-refractivity contribution in [3.05, 3.63) is 59.2 Å². The summed E-state index contributed by atoms with van der Waals surface area (Å²) in [4.78, 5) is 25.2. The molecular formula is C22H24N2O4. The lowest BCUT2D eigenvalue weighted by Gasteiger charge is -2.07. The van der Waals surface area contributed by atoms with Crippen LogP contribution in [0.4, 0.5) is 5.69 Å². The SMILES string of the molecule is CCOC=O.COC(=O)c1ccc(-c2ccc3c(c2)N=C(N)CC(C)=C3)cc1. The van der Waals surface area contributed by atoms with Crippen LogP contribution in [0.5, 0.6) is 0 Å². The van der Waals surface area contributed by atoms with Crippen molar-refractivity contribution < 1.29 is 19.1 Å². The van der Waals surface area contributed by atoms with Crippen molar-refractivity contribution in [3.8, 4) is 11.1 Å². The Hall–Kier alpha value is -3.41. The van der Waals surface area contributed by atoms with Gasteiger partial charge in [0.25, 0.3) is 6.47 Å². The second-order valence-corrected chi connectivity index (χ2v) is 6.16. The Balaban J connectivity index is 0.000000500. The number of carbonyl (C=O) groups excluding carboxylic acids is 2. The molecule has 0 fully saturated rings. The molecule has 0 spiro atoms. The highest BCUT2D eigenvalue weighted by Crippen LogP contribution is 2.31. The van der Waals surface area contributed by atoms with Gasteiger partial charge in [0, 0.05) is 12.0 Å². The predicted octanol–water partition coefficient (Wildman–Crippen LogP) is 4.12. The van der Waals surface area contributed by atoms with Crippen molar-refractivity contribution in [1.82, 2.24) is 0 Å². The molecule has 2 aromatic carbocycles. The van der Waals surface area contributed by atoms with Crippen LogP contribution in [0.3, 0.4) is 0 Å². The molecule has 2 aromatic rings. The third-order valence-corrected chi connectivity index (χ3v) is 4.03. The second-order valence-electron chi connectivity index (χ2n) is 6.16. The lowest BCUT2D eigenvalue weighted by Crippen LogP contribution is -2.10. The maximum Gasteiger partial charge on any atom is 0.337 e. The fraction of sp³-hybridized carbons (Fsp3) is 0.227. The summed E-state index contributed by atoms with van der Waals surface area (Å²) in [5.41, 5.74) is 11.7. The molecule has 0 radical (unpaired) electrons. The van der Waals surface area contributed by atoms with Crippen molar-refractivity contribution in [2.24, 2.45) is 10.7 Å². The van der Waals surface area contributed by atoms with E-state index in [1.807, 2.05) is 30.3 Å². The molecule has 6 heteroatoms. The molecule has 146 valence electrons. The van der Waals surface area contributed by atoms with Gasteiger partial charge in [0.2, 0.25) is 0 Å². The number of rotatable bonds is 4. The van der Waals surface area contributed by atoms with Crippen LogP contribution in [0.25, 0.3) is 17.2 Å². The summed E-state index contributed by atoms with van der Waals surface area (Å²) in [7, 11) is 1.38. The Morgan fingerprint density at radius 3 is 2.43 bits per heavy atom. The number of amidine groups is 1. The minimum Gasteiger partial charge on any atom is -0.468 e. The van der Waals surface area contributed by atoms with E-state index in [-0.39, 0.29) is 5.97 Å². The van der Waals surface area contributed by atoms with Crippen molar-refractivity contribution in [1.29, 1.82) is 0 Å². The molecule has 0 aliphatic carbocycles. The normalized spacial score (nSPS) is 12.2. The second kappa shape index (κ2) is 10.1. The van der Waals surface area contributed by atoms with Gasteiger partial charge >= 0.3 is 5.97 Å². The zero-order chi connectivity index (χ0) is 20.5. The van der Waals surface area contributed by atoms with Crippen LogP contribution in [0.15, 0.2) is 53.0 Å². The Bertz CT molecular complexity index is 899. The number of carbonyl (C=O) groups is 2. The number of ether oxygens (including phenoxy) is 2. The van der Waals surface area contributed by atoms with Crippen molar-refractivity contribution in [3.63, 3.8) is 0 Å². The molecule has 1 aliphatic heterocycles. The largest absolute Gasteiger partial charge is 0.468 e. The third kappa shape index (κ3) is 5.54. The van der Waals surface area contributed by atoms with Gasteiger partial charge in [0.15, 0.2) is 0 Å². The van der Waals surface area contributed by atoms with Gasteiger partial charge in [-0.15, -0.1) is 0 Å². The lowest BCUT2D eigenvalue weighted by molar-refractivity contribution is -0.128. The number of fused-ring (bicyclic) bond motifs is 1. The molecule has 28 heavy (non-hydrogen) atoms. The first kappa shape index (κ1) is 20.9. The monoisotopic (exact) mass is 380 g/mol. The Morgan fingerprint density at radius 2 is 1.86 bits per heavy atom. The van der Waals surface area contributed by atoms with Crippen molar-refractivity contribution in [2.75, 3.05) is 13.7 Å². The summed E-state index contributed by atoms with van der Waals surface area (Å²) in [6, 6.07) is 13.4. The maximum absolute atomic E-state index is 11.5. The first-order chi connectivity index (χ1) is 13.5. The molecule has 0 aromatic heterocycles. The van der Waals surface area contributed by atoms with E-state index in [2.05, 4.69) is 22.7 Å². The Morgan fingerprint density at radius 1 is 1.18 bits per heavy atom. The summed E-state index contributed by atoms with van der Waals surface area (Å²) in [6.07, 6.45) is 2.81. The van der Waals surface area contributed by atoms with E-state index < -0.39 is 0 Å². The Labute approximate surface area is 164 Å². The molecule has 0 saturated heterocycles. The molecule has 2 N–H and O–H groups in total. The van der Waals surface area contributed by atoms with Gasteiger partial charge in [-0.3, -0.25) is 4.79 Å². The van der Waals surface area contributed by atoms with Crippen LogP contribution in [0, 0.1) is 0 Å². The van der Waals surface area contributed by atoms with E-state index in [0.717, 1.165) is 22.4 Å². The molecule has 3 rings (SSSR count). The average molecular weight is 380 g/mol. The smallest absolute Gasteiger partial charge is 0.337 e. The number of benzene rings is 2. The molecule has 0 amide bonds. The van der Waals surface area contributed by atoms with E-state index >= 15 is 0 Å². The summed E-state index contributed by atoms with van der Waals surface area (Å²) in [5.74, 6) is 0.284. The van der Waals surface area contributed by atoms with Crippen LogP contribution in [-0.4, -0.2) is 32.0 Å². The van der Waals surface area contributed by atoms with Crippen molar-refractivity contribution >= 4 is 30.0 Å². The van der Waals surface area contributed by atoms with E-state index in [1.165, 1.54) is 12.7 Å². The van der Waals surface area contributed by atoms with E-state index in [0.29, 0.717) is 30.9 Å². The number of nitrogens with two attached hydrogens (primary N) is 1. The van der Waals surface area contributed by atoms with Crippen LogP contribution in [0.2, 0.25) is 0 Å². The van der Waals surface area contributed by atoms with Gasteiger partial charge < -0.3 is 15.2 Å². The Kier molecular flexibility index (Phi) is 7.51. The average Bonchev–Trinajstić information content (AvgIpc) is 2.84. The first-order valence-electron chi connectivity index (χ1n) is 8.86. The van der Waals surface area contributed by atoms with E-state index in [1.54, 1.807) is 19.1 Å². The van der Waals surface area contributed by atoms with Gasteiger partial charge in [-0.2, -0.15) is 0 Å². The number of nitrogens with zero attached hydrogens (tertiary/aromatic N) is 1. The molecule has 0 bridgehead atoms. The van der Waals surface area contributed by atoms with Crippen LogP contribution in [0.1, 0.15) is 36.2 Å². The fourth-order valence-electron chi connectivity index (χ4n) is 2.72. The number of aliphatic imine (C=N–C) groups is 1. The quantitative estimate of drug-likeness (QED) is 0.636. The molecule has 6 nitrogen and oxygen atoms in total. The summed E-state index contributed by atoms with van der Waals surface area (Å²) >= 11 is 0. The van der Waals surface area contributed by atoms with Crippen LogP contribution in [-0.2, 0) is 14.3 Å². The third-order valence-electron chi connectivity index (χ3n) is 4.03. The molecular weight excluding hydrogens is 356 g/mol. The number of methoxy groups -OCH3 is 1. The highest BCUT2D eigenvalue weighted by molar-refractivity contribution is 5.91. The molecule has 0 atom stereocenters. The number of hydrogen-bond donors (Lipinski definition) is 1. The topological polar surface area (TPSA) is 91.0 Å². The van der Waals surface area contributed by atoms with E-state index in [9.17, 15) is 9.59 Å². The van der Waals surface area contributed by atoms with Crippen LogP contribution >= 0.6 is 0 Å². The standard InChI is InChI=1S/C19H18N2O2.C3H6O2/c1-12-9-16-8-7-15(11-17(16)21-18(20)10-12)13-3-5-14(6-4-13)19(22)23-2;1-2-5-3-4/h3-9,11H,10H2,1-2H3,(H2,20,21);3H,2H2,1H3. The summed E-state index contributed by atoms with van der Waals surface area (Å²) in [6.45, 7) is 4.72. The highest BCUT2D eigenvalue weighted by atomic mass is 16.5. The fourth-order valence-corrected chi connectivity index (χ4v) is 2.72. The molecule has 1 heterocycles. The molecule has 1 aliphatic rings. The molecule has 0 saturated carbocycles. The minimum atomic E-state index is -0.337. The van der Waals surface area contributed by atoms with Crippen LogP contribution < -0.4 is 5.73 Å². The highest BCUT2D eigenvalue weighted by Gasteiger charge is 2.10. The number of esters is 1. The minimum absolute atomic E-state index is 0.337. The predicted molar refractivity (Wildman–Crippen MR) is 110 cm³/mol. The molecule has 0 unspecified atom stereocenters. The summed E-state index contributed by atoms with van der Waals surface area (Å²) in [5, 5.41) is 0. The summed E-state index contributed by atoms with van der Waals surface area (Å²) < 4.78 is 8.87. The van der Waals surface area contributed by atoms with Gasteiger partial charge in [-0.1, -0.05) is 35.9 Å². The van der Waals surface area contributed by atoms with Gasteiger partial charge in [-0.25, -0.2) is 9.79 Å². The lowest BCUT2D eigenvalue weighted by atomic mass is 10.0. The zero-order valence-electron chi connectivity index (χ0n) is 16.3. The van der Waals surface area contributed by atoms with Gasteiger partial charge in [0.05, 0.1) is 25.0 Å². The first-order valence-corrected chi connectivity index (χ1v) is 8.86. The van der Waals surface area contributed by atoms with Gasteiger partial charge in [0.1, 0.15) is 5.84 Å². The van der Waals surface area contributed by atoms with E-state index in [4.69, 9.17) is 10.5 Å².